The fourth-order valence-electron chi connectivity index (χ4n) is 2.80. The minimum Gasteiger partial charge on any atom is -0.394 e. The predicted octanol–water partition coefficient (Wildman–Crippen LogP) is 0.195. The molecular formula is C14H17FN2O3S. The van der Waals surface area contributed by atoms with Crippen molar-refractivity contribution in [3.63, 3.8) is 0 Å². The molecule has 3 N–H and O–H groups in total. The highest BCUT2D eigenvalue weighted by Crippen LogP contribution is 2.36. The van der Waals surface area contributed by atoms with Crippen LogP contribution in [0.2, 0.25) is 0 Å². The molecule has 1 aromatic carbocycles. The van der Waals surface area contributed by atoms with Crippen LogP contribution < -0.4 is 0 Å². The summed E-state index contributed by atoms with van der Waals surface area (Å²) in [5.74, 6) is 0.351. The maximum absolute atomic E-state index is 12.9. The largest absolute Gasteiger partial charge is 0.394 e. The van der Waals surface area contributed by atoms with Crippen LogP contribution in [0.4, 0.5) is 4.39 Å². The lowest BCUT2D eigenvalue weighted by atomic mass is 10.1. The highest BCUT2D eigenvalue weighted by molar-refractivity contribution is 8.14. The van der Waals surface area contributed by atoms with Gasteiger partial charge in [-0.3, -0.25) is 4.99 Å². The van der Waals surface area contributed by atoms with Gasteiger partial charge in [0, 0.05) is 5.75 Å². The summed E-state index contributed by atoms with van der Waals surface area (Å²) in [6.07, 6.45) is -1.83. The molecule has 0 unspecified atom stereocenters. The fourth-order valence-corrected chi connectivity index (χ4v) is 4.05. The quantitative estimate of drug-likeness (QED) is 0.743. The van der Waals surface area contributed by atoms with E-state index in [1.54, 1.807) is 12.1 Å². The Balaban J connectivity index is 1.76. The number of hydrogen-bond acceptors (Lipinski definition) is 5. The van der Waals surface area contributed by atoms with E-state index in [4.69, 9.17) is 0 Å². The molecule has 2 fully saturated rings. The molecule has 0 bridgehead atoms. The van der Waals surface area contributed by atoms with E-state index in [1.165, 1.54) is 23.9 Å². The van der Waals surface area contributed by atoms with Crippen LogP contribution in [0.3, 0.4) is 0 Å². The first-order chi connectivity index (χ1) is 10.1. The first-order valence-electron chi connectivity index (χ1n) is 6.79. The van der Waals surface area contributed by atoms with Gasteiger partial charge in [-0.1, -0.05) is 23.9 Å². The Kier molecular flexibility index (Phi) is 4.17. The lowest BCUT2D eigenvalue weighted by molar-refractivity contribution is 0.0206. The zero-order valence-corrected chi connectivity index (χ0v) is 12.1. The topological polar surface area (TPSA) is 76.3 Å². The number of benzene rings is 1. The predicted molar refractivity (Wildman–Crippen MR) is 78.5 cm³/mol. The second-order valence-electron chi connectivity index (χ2n) is 5.24. The molecule has 2 aliphatic rings. The molecule has 0 aromatic heterocycles. The summed E-state index contributed by atoms with van der Waals surface area (Å²) in [4.78, 5) is 6.29. The van der Waals surface area contributed by atoms with Crippen molar-refractivity contribution in [2.24, 2.45) is 4.99 Å². The van der Waals surface area contributed by atoms with Gasteiger partial charge in [0.1, 0.15) is 18.0 Å². The second-order valence-corrected chi connectivity index (χ2v) is 6.23. The number of aliphatic hydroxyl groups excluding tert-OH is 3. The third kappa shape index (κ3) is 2.66. The maximum Gasteiger partial charge on any atom is 0.160 e. The molecule has 2 heterocycles. The Morgan fingerprint density at radius 2 is 1.95 bits per heavy atom. The normalized spacial score (nSPS) is 33.7. The lowest BCUT2D eigenvalue weighted by Crippen LogP contribution is -2.41. The molecule has 114 valence electrons. The van der Waals surface area contributed by atoms with E-state index in [0.29, 0.717) is 17.5 Å². The zero-order chi connectivity index (χ0) is 15.0. The van der Waals surface area contributed by atoms with Gasteiger partial charge in [-0.25, -0.2) is 4.39 Å². The van der Waals surface area contributed by atoms with Crippen LogP contribution in [-0.2, 0) is 6.54 Å². The molecule has 0 radical (unpaired) electrons. The van der Waals surface area contributed by atoms with Crippen LogP contribution in [0.5, 0.6) is 0 Å². The molecule has 0 spiro atoms. The minimum atomic E-state index is -0.961. The van der Waals surface area contributed by atoms with E-state index in [0.717, 1.165) is 5.56 Å². The maximum atomic E-state index is 12.9. The van der Waals surface area contributed by atoms with Gasteiger partial charge in [-0.15, -0.1) is 0 Å². The highest BCUT2D eigenvalue weighted by Gasteiger charge is 2.51. The summed E-state index contributed by atoms with van der Waals surface area (Å²) in [5.41, 5.74) is 0.883. The first-order valence-corrected chi connectivity index (χ1v) is 7.77. The van der Waals surface area contributed by atoms with Crippen molar-refractivity contribution in [1.29, 1.82) is 0 Å². The lowest BCUT2D eigenvalue weighted by Gasteiger charge is -2.24. The number of aliphatic imine (C=N–C) groups is 1. The van der Waals surface area contributed by atoms with Crippen molar-refractivity contribution in [3.05, 3.63) is 35.6 Å². The molecule has 3 rings (SSSR count). The molecule has 2 aliphatic heterocycles. The van der Waals surface area contributed by atoms with Gasteiger partial charge in [0.15, 0.2) is 5.17 Å². The van der Waals surface area contributed by atoms with Crippen molar-refractivity contribution in [2.75, 3.05) is 12.4 Å². The van der Waals surface area contributed by atoms with E-state index in [-0.39, 0.29) is 18.5 Å². The Morgan fingerprint density at radius 1 is 1.24 bits per heavy atom. The van der Waals surface area contributed by atoms with Crippen LogP contribution >= 0.6 is 11.8 Å². The van der Waals surface area contributed by atoms with Crippen molar-refractivity contribution in [2.45, 2.75) is 30.8 Å². The Bertz CT molecular complexity index is 538. The molecule has 4 atom stereocenters. The SMILES string of the molecule is OC[C@H]1[C@H](O)[C@@H](O)[C@@H]2CSC(=NCc3ccc(F)cc3)N12. The summed E-state index contributed by atoms with van der Waals surface area (Å²) in [7, 11) is 0. The fraction of sp³-hybridized carbons (Fsp3) is 0.500. The van der Waals surface area contributed by atoms with Gasteiger partial charge in [0.05, 0.1) is 25.2 Å². The summed E-state index contributed by atoms with van der Waals surface area (Å²) < 4.78 is 12.9. The Morgan fingerprint density at radius 3 is 2.62 bits per heavy atom. The number of halogens is 1. The molecule has 5 nitrogen and oxygen atoms in total. The van der Waals surface area contributed by atoms with E-state index >= 15 is 0 Å². The van der Waals surface area contributed by atoms with E-state index in [1.807, 2.05) is 4.90 Å². The molecule has 0 aliphatic carbocycles. The zero-order valence-electron chi connectivity index (χ0n) is 11.3. The van der Waals surface area contributed by atoms with Gasteiger partial charge in [0.25, 0.3) is 0 Å². The highest BCUT2D eigenvalue weighted by atomic mass is 32.2. The first kappa shape index (κ1) is 14.8. The number of amidine groups is 1. The number of rotatable bonds is 3. The van der Waals surface area contributed by atoms with Crippen molar-refractivity contribution in [1.82, 2.24) is 4.90 Å². The molecular weight excluding hydrogens is 295 g/mol. The van der Waals surface area contributed by atoms with Gasteiger partial charge in [-0.2, -0.15) is 0 Å². The second kappa shape index (κ2) is 5.92. The van der Waals surface area contributed by atoms with Gasteiger partial charge < -0.3 is 20.2 Å². The molecule has 7 heteroatoms. The Hall–Kier alpha value is -1.15. The summed E-state index contributed by atoms with van der Waals surface area (Å²) in [5, 5.41) is 30.1. The molecule has 21 heavy (non-hydrogen) atoms. The minimum absolute atomic E-state index is 0.214. The van der Waals surface area contributed by atoms with Gasteiger partial charge in [-0.05, 0) is 17.7 Å². The number of aliphatic hydroxyl groups is 3. The van der Waals surface area contributed by atoms with E-state index in [9.17, 15) is 19.7 Å². The third-order valence-electron chi connectivity index (χ3n) is 3.95. The molecule has 1 aromatic rings. The third-order valence-corrected chi connectivity index (χ3v) is 5.06. The smallest absolute Gasteiger partial charge is 0.160 e. The summed E-state index contributed by atoms with van der Waals surface area (Å²) >= 11 is 1.50. The van der Waals surface area contributed by atoms with Crippen molar-refractivity contribution in [3.8, 4) is 0 Å². The van der Waals surface area contributed by atoms with E-state index in [2.05, 4.69) is 4.99 Å². The van der Waals surface area contributed by atoms with Gasteiger partial charge >= 0.3 is 0 Å². The Labute approximate surface area is 126 Å². The van der Waals surface area contributed by atoms with Crippen molar-refractivity contribution >= 4 is 16.9 Å². The molecule has 0 saturated carbocycles. The standard InChI is InChI=1S/C14H17FN2O3S/c15-9-3-1-8(2-4-9)5-16-14-17-10(6-18)12(19)13(20)11(17)7-21-14/h1-4,10-13,18-20H,5-7H2/t10-,11-,12-,13-/m0/s1. The molecule has 2 saturated heterocycles. The number of nitrogens with zero attached hydrogens (tertiary/aromatic N) is 2. The monoisotopic (exact) mass is 312 g/mol. The average molecular weight is 312 g/mol. The number of thioether (sulfide) groups is 1. The van der Waals surface area contributed by atoms with Crippen LogP contribution in [0.25, 0.3) is 0 Å². The average Bonchev–Trinajstić information content (AvgIpc) is 2.99. The summed E-state index contributed by atoms with van der Waals surface area (Å²) in [6, 6.07) is 5.39. The number of fused-ring (bicyclic) bond motifs is 1. The number of hydrogen-bond donors (Lipinski definition) is 3. The van der Waals surface area contributed by atoms with Gasteiger partial charge in [0.2, 0.25) is 0 Å². The van der Waals surface area contributed by atoms with Crippen LogP contribution in [0, 0.1) is 5.82 Å². The van der Waals surface area contributed by atoms with Crippen LogP contribution in [0.15, 0.2) is 29.3 Å². The van der Waals surface area contributed by atoms with Crippen LogP contribution in [-0.4, -0.2) is 62.0 Å². The van der Waals surface area contributed by atoms with Crippen LogP contribution in [0.1, 0.15) is 5.56 Å². The van der Waals surface area contributed by atoms with Crippen molar-refractivity contribution < 1.29 is 19.7 Å². The summed E-state index contributed by atoms with van der Waals surface area (Å²) in [6.45, 7) is 0.168. The molecule has 0 amide bonds. The van der Waals surface area contributed by atoms with E-state index < -0.39 is 18.2 Å².